The Bertz CT molecular complexity index is 761. The molecule has 3 rings (SSSR count). The molecule has 0 saturated carbocycles. The highest BCUT2D eigenvalue weighted by Crippen LogP contribution is 2.23. The smallest absolute Gasteiger partial charge is 0.235 e. The molecule has 2 aromatic rings. The highest BCUT2D eigenvalue weighted by atomic mass is 16.3. The Labute approximate surface area is 162 Å². The topological polar surface area (TPSA) is 45.5 Å². The molecule has 1 aromatic carbocycles. The predicted octanol–water partition coefficient (Wildman–Crippen LogP) is 4.72. The number of amides is 1. The van der Waals surface area contributed by atoms with E-state index in [4.69, 9.17) is 4.42 Å². The lowest BCUT2D eigenvalue weighted by molar-refractivity contribution is -0.118. The number of aryl methyl sites for hydroxylation is 2. The van der Waals surface area contributed by atoms with Crippen molar-refractivity contribution in [3.63, 3.8) is 0 Å². The lowest BCUT2D eigenvalue weighted by Gasteiger charge is -2.15. The van der Waals surface area contributed by atoms with E-state index >= 15 is 0 Å². The Morgan fingerprint density at radius 1 is 1.11 bits per heavy atom. The van der Waals surface area contributed by atoms with Gasteiger partial charge in [0.15, 0.2) is 0 Å². The number of unbranched alkanes of at least 4 members (excludes halogenated alkanes) is 3. The van der Waals surface area contributed by atoms with Crippen molar-refractivity contribution in [2.75, 3.05) is 13.6 Å². The molecule has 1 saturated heterocycles. The highest BCUT2D eigenvalue weighted by Gasteiger charge is 2.29. The molecule has 2 heterocycles. The summed E-state index contributed by atoms with van der Waals surface area (Å²) < 4.78 is 5.85. The predicted molar refractivity (Wildman–Crippen MR) is 109 cm³/mol. The van der Waals surface area contributed by atoms with Crippen LogP contribution in [0.2, 0.25) is 0 Å². The van der Waals surface area contributed by atoms with E-state index in [2.05, 4.69) is 42.6 Å². The van der Waals surface area contributed by atoms with Gasteiger partial charge in [0.05, 0.1) is 6.54 Å². The van der Waals surface area contributed by atoms with Crippen LogP contribution in [0.15, 0.2) is 46.9 Å². The van der Waals surface area contributed by atoms with Gasteiger partial charge >= 0.3 is 0 Å². The van der Waals surface area contributed by atoms with Crippen molar-refractivity contribution in [2.24, 2.45) is 0 Å². The minimum atomic E-state index is -0.147. The second-order valence-electron chi connectivity index (χ2n) is 7.30. The van der Waals surface area contributed by atoms with E-state index in [9.17, 15) is 4.79 Å². The molecule has 1 aliphatic rings. The molecule has 1 amide bonds. The quantitative estimate of drug-likeness (QED) is 0.653. The van der Waals surface area contributed by atoms with Gasteiger partial charge in [-0.1, -0.05) is 43.7 Å². The van der Waals surface area contributed by atoms with Gasteiger partial charge in [-0.15, -0.1) is 0 Å². The van der Waals surface area contributed by atoms with Gasteiger partial charge in [-0.05, 0) is 68.5 Å². The van der Waals surface area contributed by atoms with Crippen molar-refractivity contribution in [3.8, 4) is 0 Å². The zero-order valence-electron chi connectivity index (χ0n) is 16.4. The number of benzene rings is 1. The van der Waals surface area contributed by atoms with Crippen molar-refractivity contribution < 1.29 is 9.21 Å². The standard InChI is InChI=1S/C23H30N2O2/c1-3-18-11-13-19(14-12-18)9-7-5-4-6-8-10-20-15-16-21(27-20)23-24-22(26)17-25(23)2/h8,10-16,23H,3-7,9,17H2,1-2H3,(H,24,26). The average molecular weight is 367 g/mol. The summed E-state index contributed by atoms with van der Waals surface area (Å²) in [5, 5.41) is 2.91. The molecule has 144 valence electrons. The fourth-order valence-corrected chi connectivity index (χ4v) is 3.43. The Kier molecular flexibility index (Phi) is 6.88. The third-order valence-electron chi connectivity index (χ3n) is 5.10. The first-order valence-electron chi connectivity index (χ1n) is 9.99. The fraction of sp³-hybridized carbons (Fsp3) is 0.435. The summed E-state index contributed by atoms with van der Waals surface area (Å²) in [5.41, 5.74) is 2.85. The van der Waals surface area contributed by atoms with Crippen molar-refractivity contribution in [2.45, 2.75) is 51.6 Å². The van der Waals surface area contributed by atoms with Crippen LogP contribution in [0.1, 0.15) is 61.4 Å². The van der Waals surface area contributed by atoms with Gasteiger partial charge in [0.2, 0.25) is 5.91 Å². The summed E-state index contributed by atoms with van der Waals surface area (Å²) in [6, 6.07) is 12.9. The number of nitrogens with zero attached hydrogens (tertiary/aromatic N) is 1. The van der Waals surface area contributed by atoms with Gasteiger partial charge in [0, 0.05) is 0 Å². The molecule has 0 radical (unpaired) electrons. The zero-order valence-corrected chi connectivity index (χ0v) is 16.4. The van der Waals surface area contributed by atoms with Gasteiger partial charge < -0.3 is 9.73 Å². The summed E-state index contributed by atoms with van der Waals surface area (Å²) >= 11 is 0. The monoisotopic (exact) mass is 366 g/mol. The summed E-state index contributed by atoms with van der Waals surface area (Å²) in [7, 11) is 1.92. The molecule has 4 nitrogen and oxygen atoms in total. The molecule has 27 heavy (non-hydrogen) atoms. The summed E-state index contributed by atoms with van der Waals surface area (Å²) in [6.07, 6.45) is 11.1. The van der Waals surface area contributed by atoms with Gasteiger partial charge in [-0.3, -0.25) is 9.69 Å². The minimum absolute atomic E-state index is 0.0392. The SMILES string of the molecule is CCc1ccc(CCCCCC=Cc2ccc(C3NC(=O)CN3C)o2)cc1. The second-order valence-corrected chi connectivity index (χ2v) is 7.30. The largest absolute Gasteiger partial charge is 0.458 e. The Morgan fingerprint density at radius 2 is 1.89 bits per heavy atom. The number of hydrogen-bond donors (Lipinski definition) is 1. The number of nitrogens with one attached hydrogen (secondary N) is 1. The van der Waals surface area contributed by atoms with Crippen LogP contribution in [0.4, 0.5) is 0 Å². The van der Waals surface area contributed by atoms with E-state index in [1.54, 1.807) is 0 Å². The molecule has 1 N–H and O–H groups in total. The molecule has 1 fully saturated rings. The fourth-order valence-electron chi connectivity index (χ4n) is 3.43. The Balaban J connectivity index is 1.34. The highest BCUT2D eigenvalue weighted by molar-refractivity contribution is 5.80. The molecule has 1 atom stereocenters. The maximum absolute atomic E-state index is 11.5. The number of carbonyl (C=O) groups excluding carboxylic acids is 1. The Morgan fingerprint density at radius 3 is 2.59 bits per heavy atom. The van der Waals surface area contributed by atoms with E-state index in [1.165, 1.54) is 30.4 Å². The normalized spacial score (nSPS) is 17.7. The molecule has 1 aliphatic heterocycles. The van der Waals surface area contributed by atoms with Crippen LogP contribution in [0.25, 0.3) is 6.08 Å². The lowest BCUT2D eigenvalue weighted by Crippen LogP contribution is -2.23. The molecule has 0 bridgehead atoms. The van der Waals surface area contributed by atoms with Crippen LogP contribution in [0.3, 0.4) is 0 Å². The van der Waals surface area contributed by atoms with Crippen molar-refractivity contribution in [3.05, 3.63) is 65.1 Å². The van der Waals surface area contributed by atoms with Crippen LogP contribution in [-0.2, 0) is 17.6 Å². The van der Waals surface area contributed by atoms with E-state index in [0.29, 0.717) is 6.54 Å². The molecule has 1 unspecified atom stereocenters. The number of carbonyl (C=O) groups is 1. The third-order valence-corrected chi connectivity index (χ3v) is 5.10. The molecule has 0 aliphatic carbocycles. The number of rotatable bonds is 9. The van der Waals surface area contributed by atoms with Crippen LogP contribution in [0.5, 0.6) is 0 Å². The third kappa shape index (κ3) is 5.57. The van der Waals surface area contributed by atoms with Gasteiger partial charge in [-0.25, -0.2) is 0 Å². The lowest BCUT2D eigenvalue weighted by atomic mass is 10.0. The average Bonchev–Trinajstić information content (AvgIpc) is 3.27. The molecule has 1 aromatic heterocycles. The van der Waals surface area contributed by atoms with Crippen molar-refractivity contribution >= 4 is 12.0 Å². The van der Waals surface area contributed by atoms with Crippen molar-refractivity contribution in [1.82, 2.24) is 10.2 Å². The van der Waals surface area contributed by atoms with E-state index in [-0.39, 0.29) is 12.1 Å². The maximum Gasteiger partial charge on any atom is 0.235 e. The van der Waals surface area contributed by atoms with E-state index in [1.807, 2.05) is 30.2 Å². The first-order valence-corrected chi connectivity index (χ1v) is 9.99. The van der Waals surface area contributed by atoms with Gasteiger partial charge in [0.25, 0.3) is 0 Å². The van der Waals surface area contributed by atoms with E-state index < -0.39 is 0 Å². The maximum atomic E-state index is 11.5. The summed E-state index contributed by atoms with van der Waals surface area (Å²) in [5.74, 6) is 1.67. The van der Waals surface area contributed by atoms with Gasteiger partial charge in [-0.2, -0.15) is 0 Å². The van der Waals surface area contributed by atoms with Crippen LogP contribution >= 0.6 is 0 Å². The molecular weight excluding hydrogens is 336 g/mol. The van der Waals surface area contributed by atoms with Crippen LogP contribution < -0.4 is 5.32 Å². The number of hydrogen-bond acceptors (Lipinski definition) is 3. The molecular formula is C23H30N2O2. The number of furan rings is 1. The van der Waals surface area contributed by atoms with Crippen LogP contribution in [-0.4, -0.2) is 24.4 Å². The van der Waals surface area contributed by atoms with Gasteiger partial charge in [0.1, 0.15) is 17.7 Å². The minimum Gasteiger partial charge on any atom is -0.458 e. The van der Waals surface area contributed by atoms with Crippen molar-refractivity contribution in [1.29, 1.82) is 0 Å². The zero-order chi connectivity index (χ0) is 19.1. The second kappa shape index (κ2) is 9.56. The first kappa shape index (κ1) is 19.4. The Hall–Kier alpha value is -2.33. The molecule has 4 heteroatoms. The number of allylic oxidation sites excluding steroid dienone is 1. The summed E-state index contributed by atoms with van der Waals surface area (Å²) in [6.45, 7) is 2.61. The summed E-state index contributed by atoms with van der Waals surface area (Å²) in [4.78, 5) is 13.4. The van der Waals surface area contributed by atoms with Crippen LogP contribution in [0, 0.1) is 0 Å². The first-order chi connectivity index (χ1) is 13.2. The number of likely N-dealkylation sites (N-methyl/N-ethyl adjacent to an activating group) is 1. The van der Waals surface area contributed by atoms with E-state index in [0.717, 1.165) is 30.8 Å². The molecule has 0 spiro atoms.